The van der Waals surface area contributed by atoms with Gasteiger partial charge in [-0.05, 0) is 12.5 Å². The van der Waals surface area contributed by atoms with Gasteiger partial charge < -0.3 is 10.5 Å². The van der Waals surface area contributed by atoms with Crippen LogP contribution in [0.1, 0.15) is 31.4 Å². The fraction of sp³-hybridized carbons (Fsp3) is 0.455. The Labute approximate surface area is 83.9 Å². The third-order valence-corrected chi connectivity index (χ3v) is 2.21. The van der Waals surface area contributed by atoms with E-state index < -0.39 is 0 Å². The Hall–Kier alpha value is -1.09. The molecule has 0 bridgehead atoms. The minimum atomic E-state index is -0.337. The lowest BCUT2D eigenvalue weighted by Crippen LogP contribution is -2.12. The van der Waals surface area contributed by atoms with E-state index in [1.807, 2.05) is 6.92 Å². The molecule has 14 heavy (non-hydrogen) atoms. The number of methoxy groups -OCH3 is 1. The van der Waals surface area contributed by atoms with E-state index in [0.29, 0.717) is 5.56 Å². The zero-order valence-corrected chi connectivity index (χ0v) is 8.59. The molecular formula is C11H16FNO. The first-order valence-corrected chi connectivity index (χ1v) is 4.78. The van der Waals surface area contributed by atoms with Crippen LogP contribution in [0.25, 0.3) is 0 Å². The predicted molar refractivity (Wildman–Crippen MR) is 54.8 cm³/mol. The Morgan fingerprint density at radius 2 is 2.21 bits per heavy atom. The number of hydrogen-bond acceptors (Lipinski definition) is 2. The fourth-order valence-electron chi connectivity index (χ4n) is 1.44. The number of halogens is 1. The second-order valence-corrected chi connectivity index (χ2v) is 3.26. The molecule has 0 aliphatic carbocycles. The van der Waals surface area contributed by atoms with Gasteiger partial charge in [0.25, 0.3) is 0 Å². The van der Waals surface area contributed by atoms with Crippen molar-refractivity contribution in [1.82, 2.24) is 0 Å². The molecule has 1 rings (SSSR count). The van der Waals surface area contributed by atoms with Crippen LogP contribution in [-0.2, 0) is 0 Å². The third kappa shape index (κ3) is 2.23. The highest BCUT2D eigenvalue weighted by Gasteiger charge is 2.13. The lowest BCUT2D eigenvalue weighted by molar-refractivity contribution is 0.381. The van der Waals surface area contributed by atoms with Gasteiger partial charge in [-0.25, -0.2) is 4.39 Å². The van der Waals surface area contributed by atoms with E-state index in [9.17, 15) is 4.39 Å². The van der Waals surface area contributed by atoms with Gasteiger partial charge in [0.15, 0.2) is 11.6 Å². The van der Waals surface area contributed by atoms with Crippen molar-refractivity contribution in [2.45, 2.75) is 25.8 Å². The highest BCUT2D eigenvalue weighted by molar-refractivity contribution is 5.32. The van der Waals surface area contributed by atoms with E-state index in [-0.39, 0.29) is 17.6 Å². The van der Waals surface area contributed by atoms with Crippen LogP contribution < -0.4 is 10.5 Å². The summed E-state index contributed by atoms with van der Waals surface area (Å²) < 4.78 is 18.5. The second-order valence-electron chi connectivity index (χ2n) is 3.26. The van der Waals surface area contributed by atoms with Gasteiger partial charge in [-0.3, -0.25) is 0 Å². The van der Waals surface area contributed by atoms with Crippen molar-refractivity contribution in [1.29, 1.82) is 0 Å². The molecule has 78 valence electrons. The summed E-state index contributed by atoms with van der Waals surface area (Å²) in [6.07, 6.45) is 1.72. The average Bonchev–Trinajstić information content (AvgIpc) is 2.18. The van der Waals surface area contributed by atoms with E-state index in [0.717, 1.165) is 12.8 Å². The molecule has 0 heterocycles. The van der Waals surface area contributed by atoms with Crippen molar-refractivity contribution in [2.75, 3.05) is 7.11 Å². The topological polar surface area (TPSA) is 35.2 Å². The van der Waals surface area contributed by atoms with E-state index in [1.54, 1.807) is 18.2 Å². The molecule has 3 heteroatoms. The third-order valence-electron chi connectivity index (χ3n) is 2.21. The van der Waals surface area contributed by atoms with Crippen LogP contribution in [0, 0.1) is 5.82 Å². The number of rotatable bonds is 4. The van der Waals surface area contributed by atoms with Crippen LogP contribution in [-0.4, -0.2) is 7.11 Å². The molecule has 0 radical (unpaired) electrons. The van der Waals surface area contributed by atoms with Crippen molar-refractivity contribution in [3.63, 3.8) is 0 Å². The number of ether oxygens (including phenoxy) is 1. The Kier molecular flexibility index (Phi) is 3.89. The maximum Gasteiger partial charge on any atom is 0.169 e. The SMILES string of the molecule is CCC[C@@H](N)c1cccc(OC)c1F. The summed E-state index contributed by atoms with van der Waals surface area (Å²) in [5.74, 6) is -0.0787. The van der Waals surface area contributed by atoms with Crippen LogP contribution in [0.5, 0.6) is 5.75 Å². The Bertz CT molecular complexity index is 301. The molecule has 0 fully saturated rings. The molecule has 2 nitrogen and oxygen atoms in total. The lowest BCUT2D eigenvalue weighted by atomic mass is 10.0. The summed E-state index contributed by atoms with van der Waals surface area (Å²) >= 11 is 0. The summed E-state index contributed by atoms with van der Waals surface area (Å²) in [7, 11) is 1.45. The molecule has 0 saturated heterocycles. The maximum atomic E-state index is 13.6. The minimum Gasteiger partial charge on any atom is -0.494 e. The van der Waals surface area contributed by atoms with Gasteiger partial charge in [0.05, 0.1) is 7.11 Å². The molecule has 2 N–H and O–H groups in total. The Balaban J connectivity index is 2.96. The molecule has 1 aromatic carbocycles. The van der Waals surface area contributed by atoms with Gasteiger partial charge in [0, 0.05) is 11.6 Å². The van der Waals surface area contributed by atoms with Crippen LogP contribution in [0.4, 0.5) is 4.39 Å². The first-order valence-electron chi connectivity index (χ1n) is 4.78. The summed E-state index contributed by atoms with van der Waals surface area (Å²) in [6, 6.07) is 4.82. The number of hydrogen-bond donors (Lipinski definition) is 1. The number of benzene rings is 1. The molecule has 0 amide bonds. The maximum absolute atomic E-state index is 13.6. The fourth-order valence-corrected chi connectivity index (χ4v) is 1.44. The minimum absolute atomic E-state index is 0.241. The van der Waals surface area contributed by atoms with Gasteiger partial charge in [-0.15, -0.1) is 0 Å². The quantitative estimate of drug-likeness (QED) is 0.805. The van der Waals surface area contributed by atoms with E-state index in [2.05, 4.69) is 0 Å². The number of nitrogens with two attached hydrogens (primary N) is 1. The van der Waals surface area contributed by atoms with Crippen LogP contribution in [0.3, 0.4) is 0 Å². The van der Waals surface area contributed by atoms with Gasteiger partial charge in [-0.2, -0.15) is 0 Å². The predicted octanol–water partition coefficient (Wildman–Crippen LogP) is 2.63. The molecule has 0 aliphatic rings. The normalized spacial score (nSPS) is 12.6. The molecule has 0 saturated carbocycles. The molecule has 0 aromatic heterocycles. The highest BCUT2D eigenvalue weighted by atomic mass is 19.1. The monoisotopic (exact) mass is 197 g/mol. The van der Waals surface area contributed by atoms with Gasteiger partial charge in [-0.1, -0.05) is 25.5 Å². The molecule has 0 unspecified atom stereocenters. The van der Waals surface area contributed by atoms with Crippen molar-refractivity contribution in [3.8, 4) is 5.75 Å². The van der Waals surface area contributed by atoms with E-state index >= 15 is 0 Å². The molecule has 0 spiro atoms. The molecule has 1 aromatic rings. The van der Waals surface area contributed by atoms with Crippen LogP contribution in [0.15, 0.2) is 18.2 Å². The first-order chi connectivity index (χ1) is 6.70. The van der Waals surface area contributed by atoms with Crippen LogP contribution >= 0.6 is 0 Å². The lowest BCUT2D eigenvalue weighted by Gasteiger charge is -2.13. The summed E-state index contributed by atoms with van der Waals surface area (Å²) in [5.41, 5.74) is 6.37. The van der Waals surface area contributed by atoms with Crippen molar-refractivity contribution < 1.29 is 9.13 Å². The smallest absolute Gasteiger partial charge is 0.169 e. The van der Waals surface area contributed by atoms with E-state index in [4.69, 9.17) is 10.5 Å². The zero-order valence-electron chi connectivity index (χ0n) is 8.59. The van der Waals surface area contributed by atoms with Gasteiger partial charge in [0.2, 0.25) is 0 Å². The Morgan fingerprint density at radius 1 is 1.50 bits per heavy atom. The average molecular weight is 197 g/mol. The van der Waals surface area contributed by atoms with Crippen molar-refractivity contribution >= 4 is 0 Å². The second kappa shape index (κ2) is 4.96. The molecule has 0 aliphatic heterocycles. The van der Waals surface area contributed by atoms with Gasteiger partial charge >= 0.3 is 0 Å². The van der Waals surface area contributed by atoms with Crippen molar-refractivity contribution in [3.05, 3.63) is 29.6 Å². The highest BCUT2D eigenvalue weighted by Crippen LogP contribution is 2.25. The zero-order chi connectivity index (χ0) is 10.6. The summed E-state index contributed by atoms with van der Waals surface area (Å²) in [4.78, 5) is 0. The standard InChI is InChI=1S/C11H16FNO/c1-3-5-9(13)8-6-4-7-10(14-2)11(8)12/h4,6-7,9H,3,5,13H2,1-2H3/t9-/m1/s1. The molecular weight excluding hydrogens is 181 g/mol. The molecule has 1 atom stereocenters. The van der Waals surface area contributed by atoms with Crippen LogP contribution in [0.2, 0.25) is 0 Å². The largest absolute Gasteiger partial charge is 0.494 e. The van der Waals surface area contributed by atoms with Gasteiger partial charge in [0.1, 0.15) is 0 Å². The van der Waals surface area contributed by atoms with E-state index in [1.165, 1.54) is 7.11 Å². The summed E-state index contributed by atoms with van der Waals surface area (Å²) in [5, 5.41) is 0. The first kappa shape index (κ1) is 11.0. The Morgan fingerprint density at radius 3 is 2.79 bits per heavy atom. The van der Waals surface area contributed by atoms with Crippen molar-refractivity contribution in [2.24, 2.45) is 5.73 Å². The summed E-state index contributed by atoms with van der Waals surface area (Å²) in [6.45, 7) is 2.03.